The number of carbonyl (C=O) groups excluding carboxylic acids is 3. The summed E-state index contributed by atoms with van der Waals surface area (Å²) in [5.74, 6) is -0.586. The Kier molecular flexibility index (Phi) is 6.97. The molecular formula is C22H20ClN3O3S. The molecule has 0 saturated heterocycles. The van der Waals surface area contributed by atoms with E-state index in [1.54, 1.807) is 12.1 Å². The second-order valence-electron chi connectivity index (χ2n) is 6.50. The van der Waals surface area contributed by atoms with Gasteiger partial charge in [0, 0.05) is 31.0 Å². The molecule has 30 heavy (non-hydrogen) atoms. The average molecular weight is 442 g/mol. The van der Waals surface area contributed by atoms with E-state index in [1.807, 2.05) is 42.5 Å². The van der Waals surface area contributed by atoms with Crippen LogP contribution in [0.2, 0.25) is 5.02 Å². The van der Waals surface area contributed by atoms with Gasteiger partial charge in [0.25, 0.3) is 11.1 Å². The number of benzene rings is 3. The van der Waals surface area contributed by atoms with Crippen LogP contribution in [0.15, 0.2) is 60.7 Å². The number of anilines is 2. The summed E-state index contributed by atoms with van der Waals surface area (Å²) in [4.78, 5) is 37.7. The summed E-state index contributed by atoms with van der Waals surface area (Å²) >= 11 is 10.2. The quantitative estimate of drug-likeness (QED) is 0.483. The Morgan fingerprint density at radius 2 is 1.77 bits per heavy atom. The summed E-state index contributed by atoms with van der Waals surface area (Å²) < 4.78 is 0. The van der Waals surface area contributed by atoms with E-state index in [9.17, 15) is 14.4 Å². The van der Waals surface area contributed by atoms with Gasteiger partial charge in [-0.2, -0.15) is 0 Å². The molecule has 0 spiro atoms. The van der Waals surface area contributed by atoms with E-state index in [2.05, 4.69) is 23.3 Å². The molecular weight excluding hydrogens is 422 g/mol. The van der Waals surface area contributed by atoms with Crippen molar-refractivity contribution in [1.82, 2.24) is 5.32 Å². The highest BCUT2D eigenvalue weighted by atomic mass is 35.5. The minimum Gasteiger partial charge on any atom is -0.355 e. The van der Waals surface area contributed by atoms with Gasteiger partial charge < -0.3 is 15.5 Å². The fraction of sp³-hybridized carbons (Fsp3) is 0.136. The first-order valence-electron chi connectivity index (χ1n) is 9.20. The van der Waals surface area contributed by atoms with E-state index in [4.69, 9.17) is 11.6 Å². The predicted octanol–water partition coefficient (Wildman–Crippen LogP) is 4.74. The zero-order valence-electron chi connectivity index (χ0n) is 16.2. The first-order chi connectivity index (χ1) is 14.4. The zero-order valence-corrected chi connectivity index (χ0v) is 17.8. The lowest BCUT2D eigenvalue weighted by atomic mass is 10.1. The molecule has 0 fully saturated rings. The molecule has 154 valence electrons. The maximum absolute atomic E-state index is 12.4. The minimum atomic E-state index is -0.452. The summed E-state index contributed by atoms with van der Waals surface area (Å²) in [5.41, 5.74) is 1.47. The lowest BCUT2D eigenvalue weighted by Gasteiger charge is -2.22. The highest BCUT2D eigenvalue weighted by Gasteiger charge is 2.17. The topological polar surface area (TPSA) is 78.5 Å². The molecule has 3 rings (SSSR count). The maximum Gasteiger partial charge on any atom is 0.283 e. The summed E-state index contributed by atoms with van der Waals surface area (Å²) in [6.45, 7) is 0.149. The molecule has 0 atom stereocenters. The van der Waals surface area contributed by atoms with Gasteiger partial charge in [0.15, 0.2) is 0 Å². The molecule has 0 aliphatic carbocycles. The Bertz CT molecular complexity index is 1110. The van der Waals surface area contributed by atoms with Crippen LogP contribution in [0.1, 0.15) is 16.8 Å². The lowest BCUT2D eigenvalue weighted by molar-refractivity contribution is -0.116. The predicted molar refractivity (Wildman–Crippen MR) is 124 cm³/mol. The summed E-state index contributed by atoms with van der Waals surface area (Å²) in [6, 6.07) is 17.9. The summed E-state index contributed by atoms with van der Waals surface area (Å²) in [6.07, 6.45) is 0.0447. The van der Waals surface area contributed by atoms with Crippen molar-refractivity contribution >= 4 is 63.4 Å². The minimum absolute atomic E-state index is 0.0447. The third kappa shape index (κ3) is 4.93. The molecule has 8 heteroatoms. The van der Waals surface area contributed by atoms with Crippen molar-refractivity contribution in [3.63, 3.8) is 0 Å². The molecule has 0 saturated carbocycles. The van der Waals surface area contributed by atoms with Gasteiger partial charge in [0.2, 0.25) is 5.91 Å². The van der Waals surface area contributed by atoms with Gasteiger partial charge in [0.1, 0.15) is 0 Å². The number of thiol groups is 1. The molecule has 3 aromatic carbocycles. The molecule has 3 aromatic rings. The highest BCUT2D eigenvalue weighted by Crippen LogP contribution is 2.28. The van der Waals surface area contributed by atoms with Crippen LogP contribution >= 0.6 is 24.2 Å². The van der Waals surface area contributed by atoms with Crippen LogP contribution in [-0.4, -0.2) is 30.6 Å². The standard InChI is InChI=1S/C22H20ClN3O3S/c1-24-21(28)15-9-10-18(17(23)13-15)25-20(27)11-12-26(22(29)30)19-8-4-6-14-5-2-3-7-16(14)19/h2-10,13H,11-12H2,1H3,(H,24,28)(H,25,27)(H,29,30). The molecule has 0 bridgehead atoms. The molecule has 3 amide bonds. The molecule has 6 nitrogen and oxygen atoms in total. The summed E-state index contributed by atoms with van der Waals surface area (Å²) in [7, 11) is 1.52. The second-order valence-corrected chi connectivity index (χ2v) is 7.29. The van der Waals surface area contributed by atoms with E-state index < -0.39 is 5.24 Å². The molecule has 0 radical (unpaired) electrons. The number of amides is 3. The largest absolute Gasteiger partial charge is 0.355 e. The first-order valence-corrected chi connectivity index (χ1v) is 10.0. The number of carbonyl (C=O) groups is 3. The van der Waals surface area contributed by atoms with E-state index in [0.29, 0.717) is 16.9 Å². The summed E-state index contributed by atoms with van der Waals surface area (Å²) in [5, 5.41) is 6.91. The van der Waals surface area contributed by atoms with Crippen LogP contribution in [0.4, 0.5) is 16.2 Å². The van der Waals surface area contributed by atoms with E-state index in [1.165, 1.54) is 18.0 Å². The Hall–Kier alpha value is -3.03. The van der Waals surface area contributed by atoms with Crippen LogP contribution in [0.5, 0.6) is 0 Å². The van der Waals surface area contributed by atoms with Crippen molar-refractivity contribution in [3.8, 4) is 0 Å². The molecule has 2 N–H and O–H groups in total. The van der Waals surface area contributed by atoms with Gasteiger partial charge in [-0.3, -0.25) is 14.4 Å². The van der Waals surface area contributed by atoms with Crippen LogP contribution < -0.4 is 15.5 Å². The molecule has 0 aliphatic rings. The van der Waals surface area contributed by atoms with Crippen molar-refractivity contribution < 1.29 is 14.4 Å². The van der Waals surface area contributed by atoms with Crippen LogP contribution in [-0.2, 0) is 4.79 Å². The molecule has 0 aromatic heterocycles. The van der Waals surface area contributed by atoms with Gasteiger partial charge in [-0.05, 0) is 29.7 Å². The van der Waals surface area contributed by atoms with Gasteiger partial charge in [0.05, 0.1) is 16.4 Å². The number of fused-ring (bicyclic) bond motifs is 1. The normalized spacial score (nSPS) is 10.5. The number of rotatable bonds is 6. The van der Waals surface area contributed by atoms with Crippen molar-refractivity contribution in [2.24, 2.45) is 0 Å². The third-order valence-corrected chi connectivity index (χ3v) is 5.14. The maximum atomic E-state index is 12.4. The SMILES string of the molecule is CNC(=O)c1ccc(NC(=O)CCN(C(=O)S)c2cccc3ccccc23)c(Cl)c1. The van der Waals surface area contributed by atoms with Crippen molar-refractivity contribution in [2.45, 2.75) is 6.42 Å². The lowest BCUT2D eigenvalue weighted by Crippen LogP contribution is -2.30. The smallest absolute Gasteiger partial charge is 0.283 e. The molecule has 0 aliphatic heterocycles. The second kappa shape index (κ2) is 9.65. The first kappa shape index (κ1) is 21.7. The van der Waals surface area contributed by atoms with E-state index >= 15 is 0 Å². The van der Waals surface area contributed by atoms with Crippen LogP contribution in [0.25, 0.3) is 10.8 Å². The van der Waals surface area contributed by atoms with Gasteiger partial charge >= 0.3 is 0 Å². The monoisotopic (exact) mass is 441 g/mol. The number of hydrogen-bond acceptors (Lipinski definition) is 3. The number of hydrogen-bond donors (Lipinski definition) is 3. The van der Waals surface area contributed by atoms with Crippen molar-refractivity contribution in [2.75, 3.05) is 23.8 Å². The number of halogens is 1. The van der Waals surface area contributed by atoms with Crippen LogP contribution in [0, 0.1) is 0 Å². The van der Waals surface area contributed by atoms with Crippen molar-refractivity contribution in [3.05, 3.63) is 71.2 Å². The van der Waals surface area contributed by atoms with E-state index in [-0.39, 0.29) is 29.8 Å². The molecule has 0 heterocycles. The molecule has 0 unspecified atom stereocenters. The fourth-order valence-electron chi connectivity index (χ4n) is 3.09. The fourth-order valence-corrected chi connectivity index (χ4v) is 3.53. The highest BCUT2D eigenvalue weighted by molar-refractivity contribution is 7.96. The van der Waals surface area contributed by atoms with Crippen molar-refractivity contribution in [1.29, 1.82) is 0 Å². The Balaban J connectivity index is 1.72. The average Bonchev–Trinajstić information content (AvgIpc) is 2.74. The Labute approximate surface area is 184 Å². The third-order valence-electron chi connectivity index (χ3n) is 4.58. The van der Waals surface area contributed by atoms with E-state index in [0.717, 1.165) is 10.8 Å². The Morgan fingerprint density at radius 1 is 1.03 bits per heavy atom. The Morgan fingerprint density at radius 3 is 2.47 bits per heavy atom. The van der Waals surface area contributed by atoms with Gasteiger partial charge in [-0.15, -0.1) is 0 Å². The van der Waals surface area contributed by atoms with Crippen LogP contribution in [0.3, 0.4) is 0 Å². The van der Waals surface area contributed by atoms with Gasteiger partial charge in [-0.1, -0.05) is 60.6 Å². The van der Waals surface area contributed by atoms with Gasteiger partial charge in [-0.25, -0.2) is 0 Å². The zero-order chi connectivity index (χ0) is 21.7. The number of nitrogens with zero attached hydrogens (tertiary/aromatic N) is 1. The number of nitrogens with one attached hydrogen (secondary N) is 2.